The predicted octanol–water partition coefficient (Wildman–Crippen LogP) is -0.378. The molecule has 0 aliphatic rings. The summed E-state index contributed by atoms with van der Waals surface area (Å²) < 4.78 is 4.83. The quantitative estimate of drug-likeness (QED) is 0.585. The van der Waals surface area contributed by atoms with Crippen LogP contribution in [0, 0.1) is 0 Å². The van der Waals surface area contributed by atoms with Crippen LogP contribution in [0.1, 0.15) is 6.92 Å². The number of nitrogens with zero attached hydrogens (tertiary/aromatic N) is 2. The zero-order valence-corrected chi connectivity index (χ0v) is 9.93. The Morgan fingerprint density at radius 1 is 1.65 bits per heavy atom. The number of nitrogen functional groups attached to an aromatic ring is 1. The Labute approximate surface area is 99.8 Å². The monoisotopic (exact) mass is 239 g/mol. The maximum atomic E-state index is 11.6. The molecule has 7 heteroatoms. The number of hydrogen-bond acceptors (Lipinski definition) is 6. The second kappa shape index (κ2) is 6.64. The lowest BCUT2D eigenvalue weighted by molar-refractivity contribution is -0.121. The molecule has 0 spiro atoms. The summed E-state index contributed by atoms with van der Waals surface area (Å²) in [4.78, 5) is 19.5. The van der Waals surface area contributed by atoms with Crippen molar-refractivity contribution in [3.8, 4) is 0 Å². The van der Waals surface area contributed by atoms with Crippen LogP contribution in [0.4, 0.5) is 11.8 Å². The lowest BCUT2D eigenvalue weighted by Crippen LogP contribution is -2.39. The number of amides is 1. The zero-order valence-electron chi connectivity index (χ0n) is 9.93. The number of nitrogens with two attached hydrogens (primary N) is 1. The first-order chi connectivity index (χ1) is 8.13. The summed E-state index contributed by atoms with van der Waals surface area (Å²) >= 11 is 0. The van der Waals surface area contributed by atoms with Gasteiger partial charge in [0.05, 0.1) is 6.61 Å². The number of carbonyl (C=O) groups is 1. The fourth-order valence-corrected chi connectivity index (χ4v) is 1.13. The van der Waals surface area contributed by atoms with E-state index in [1.165, 1.54) is 6.20 Å². The number of rotatable bonds is 6. The summed E-state index contributed by atoms with van der Waals surface area (Å²) in [6.07, 6.45) is 1.53. The Hall–Kier alpha value is -1.89. The van der Waals surface area contributed by atoms with Gasteiger partial charge in [0.1, 0.15) is 11.9 Å². The van der Waals surface area contributed by atoms with Gasteiger partial charge in [0.2, 0.25) is 11.9 Å². The fraction of sp³-hybridized carbons (Fsp3) is 0.500. The molecule has 17 heavy (non-hydrogen) atoms. The zero-order chi connectivity index (χ0) is 12.7. The van der Waals surface area contributed by atoms with Gasteiger partial charge in [0.25, 0.3) is 0 Å². The molecule has 94 valence electrons. The minimum absolute atomic E-state index is 0.145. The Bertz CT molecular complexity index is 371. The van der Waals surface area contributed by atoms with Gasteiger partial charge in [-0.3, -0.25) is 4.79 Å². The van der Waals surface area contributed by atoms with Gasteiger partial charge in [-0.15, -0.1) is 0 Å². The summed E-state index contributed by atoms with van der Waals surface area (Å²) in [6.45, 7) is 2.67. The molecule has 1 amide bonds. The molecule has 1 atom stereocenters. The van der Waals surface area contributed by atoms with E-state index in [1.807, 2.05) is 0 Å². The third-order valence-electron chi connectivity index (χ3n) is 2.02. The molecule has 0 bridgehead atoms. The van der Waals surface area contributed by atoms with Crippen molar-refractivity contribution in [2.24, 2.45) is 0 Å². The fourth-order valence-electron chi connectivity index (χ4n) is 1.13. The van der Waals surface area contributed by atoms with Gasteiger partial charge in [0, 0.05) is 19.9 Å². The highest BCUT2D eigenvalue weighted by Crippen LogP contribution is 2.02. The molecule has 1 heterocycles. The molecular formula is C10H17N5O2. The van der Waals surface area contributed by atoms with Crippen molar-refractivity contribution in [3.05, 3.63) is 12.3 Å². The lowest BCUT2D eigenvalue weighted by atomic mass is 10.3. The van der Waals surface area contributed by atoms with Crippen LogP contribution in [-0.4, -0.2) is 42.2 Å². The molecule has 1 unspecified atom stereocenters. The first kappa shape index (κ1) is 13.2. The molecule has 0 aliphatic heterocycles. The number of nitrogens with one attached hydrogen (secondary N) is 2. The van der Waals surface area contributed by atoms with Gasteiger partial charge in [0.15, 0.2) is 0 Å². The van der Waals surface area contributed by atoms with Crippen LogP contribution < -0.4 is 16.4 Å². The van der Waals surface area contributed by atoms with E-state index >= 15 is 0 Å². The van der Waals surface area contributed by atoms with Gasteiger partial charge >= 0.3 is 0 Å². The molecule has 0 saturated carbocycles. The summed E-state index contributed by atoms with van der Waals surface area (Å²) in [7, 11) is 1.58. The number of aromatic nitrogens is 2. The molecule has 0 aromatic carbocycles. The smallest absolute Gasteiger partial charge is 0.242 e. The minimum atomic E-state index is -0.436. The number of anilines is 2. The van der Waals surface area contributed by atoms with Gasteiger partial charge in [-0.1, -0.05) is 0 Å². The Morgan fingerprint density at radius 2 is 2.41 bits per heavy atom. The summed E-state index contributed by atoms with van der Waals surface area (Å²) in [5.41, 5.74) is 5.50. The van der Waals surface area contributed by atoms with E-state index in [4.69, 9.17) is 10.5 Å². The molecule has 1 rings (SSSR count). The van der Waals surface area contributed by atoms with Crippen molar-refractivity contribution in [2.45, 2.75) is 13.0 Å². The molecule has 0 radical (unpaired) electrons. The third-order valence-corrected chi connectivity index (χ3v) is 2.02. The summed E-state index contributed by atoms with van der Waals surface area (Å²) in [5, 5.41) is 5.56. The van der Waals surface area contributed by atoms with Crippen molar-refractivity contribution >= 4 is 17.7 Å². The van der Waals surface area contributed by atoms with Gasteiger partial charge in [-0.05, 0) is 13.0 Å². The van der Waals surface area contributed by atoms with Crippen molar-refractivity contribution in [1.82, 2.24) is 15.3 Å². The number of carbonyl (C=O) groups excluding carboxylic acids is 1. The molecule has 0 aliphatic carbocycles. The average molecular weight is 239 g/mol. The van der Waals surface area contributed by atoms with Crippen molar-refractivity contribution < 1.29 is 9.53 Å². The molecule has 0 saturated heterocycles. The Kier molecular flexibility index (Phi) is 5.15. The van der Waals surface area contributed by atoms with E-state index in [0.717, 1.165) is 0 Å². The van der Waals surface area contributed by atoms with Gasteiger partial charge in [-0.25, -0.2) is 4.98 Å². The van der Waals surface area contributed by atoms with E-state index in [2.05, 4.69) is 20.6 Å². The second-order valence-corrected chi connectivity index (χ2v) is 3.45. The van der Waals surface area contributed by atoms with Crippen LogP contribution in [0.25, 0.3) is 0 Å². The number of hydrogen-bond donors (Lipinski definition) is 3. The van der Waals surface area contributed by atoms with E-state index < -0.39 is 6.04 Å². The standard InChI is InChI=1S/C10H17N5O2/c1-7(9(16)12-5-6-17-2)14-10-13-4-3-8(11)15-10/h3-4,7H,5-6H2,1-2H3,(H,12,16)(H3,11,13,14,15). The molecule has 0 fully saturated rings. The predicted molar refractivity (Wildman–Crippen MR) is 64.4 cm³/mol. The van der Waals surface area contributed by atoms with Crippen molar-refractivity contribution in [2.75, 3.05) is 31.3 Å². The molecule has 4 N–H and O–H groups in total. The SMILES string of the molecule is COCCNC(=O)C(C)Nc1nccc(N)n1. The van der Waals surface area contributed by atoms with Crippen LogP contribution in [-0.2, 0) is 9.53 Å². The highest BCUT2D eigenvalue weighted by Gasteiger charge is 2.12. The van der Waals surface area contributed by atoms with Crippen LogP contribution in [0.3, 0.4) is 0 Å². The normalized spacial score (nSPS) is 11.9. The Morgan fingerprint density at radius 3 is 3.06 bits per heavy atom. The van der Waals surface area contributed by atoms with Crippen molar-refractivity contribution in [1.29, 1.82) is 0 Å². The van der Waals surface area contributed by atoms with Gasteiger partial charge in [-0.2, -0.15) is 4.98 Å². The maximum absolute atomic E-state index is 11.6. The highest BCUT2D eigenvalue weighted by atomic mass is 16.5. The topological polar surface area (TPSA) is 102 Å². The lowest BCUT2D eigenvalue weighted by Gasteiger charge is -2.13. The molecule has 1 aromatic rings. The number of ether oxygens (including phenoxy) is 1. The molecule has 7 nitrogen and oxygen atoms in total. The maximum Gasteiger partial charge on any atom is 0.242 e. The first-order valence-electron chi connectivity index (χ1n) is 5.25. The van der Waals surface area contributed by atoms with Gasteiger partial charge < -0.3 is 21.1 Å². The van der Waals surface area contributed by atoms with E-state index in [9.17, 15) is 4.79 Å². The van der Waals surface area contributed by atoms with E-state index in [1.54, 1.807) is 20.1 Å². The van der Waals surface area contributed by atoms with Crippen molar-refractivity contribution in [3.63, 3.8) is 0 Å². The largest absolute Gasteiger partial charge is 0.384 e. The molecular weight excluding hydrogens is 222 g/mol. The summed E-state index contributed by atoms with van der Waals surface area (Å²) in [5.74, 6) is 0.543. The van der Waals surface area contributed by atoms with E-state index in [0.29, 0.717) is 24.9 Å². The first-order valence-corrected chi connectivity index (χ1v) is 5.25. The highest BCUT2D eigenvalue weighted by molar-refractivity contribution is 5.83. The minimum Gasteiger partial charge on any atom is -0.384 e. The third kappa shape index (κ3) is 4.64. The molecule has 1 aromatic heterocycles. The van der Waals surface area contributed by atoms with Crippen LogP contribution in [0.15, 0.2) is 12.3 Å². The van der Waals surface area contributed by atoms with E-state index in [-0.39, 0.29) is 5.91 Å². The van der Waals surface area contributed by atoms with Crippen LogP contribution in [0.5, 0.6) is 0 Å². The Balaban J connectivity index is 2.43. The second-order valence-electron chi connectivity index (χ2n) is 3.45. The average Bonchev–Trinajstić information content (AvgIpc) is 2.29. The van der Waals surface area contributed by atoms with Crippen LogP contribution >= 0.6 is 0 Å². The van der Waals surface area contributed by atoms with Crippen LogP contribution in [0.2, 0.25) is 0 Å². The number of methoxy groups -OCH3 is 1. The summed E-state index contributed by atoms with van der Waals surface area (Å²) in [6, 6.07) is 1.14.